The van der Waals surface area contributed by atoms with Crippen LogP contribution in [-0.2, 0) is 42.5 Å². The fourth-order valence-electron chi connectivity index (χ4n) is 10.4. The van der Waals surface area contributed by atoms with Gasteiger partial charge in [-0.15, -0.1) is 0 Å². The summed E-state index contributed by atoms with van der Waals surface area (Å²) < 4.78 is 59.7. The maximum absolute atomic E-state index is 13.6. The first-order valence-electron chi connectivity index (χ1n) is 22.1. The third-order valence-corrected chi connectivity index (χ3v) is 15.1. The Morgan fingerprint density at radius 1 is 1.06 bits per heavy atom. The summed E-state index contributed by atoms with van der Waals surface area (Å²) in [6, 6.07) is 3.39. The van der Waals surface area contributed by atoms with Crippen LogP contribution < -0.4 is 34.9 Å². The fraction of sp³-hybridized carbons (Fsp3) is 0.609. The van der Waals surface area contributed by atoms with Gasteiger partial charge in [0.2, 0.25) is 11.9 Å². The number of nitrogens with one attached hydrogen (secondary N) is 5. The number of allylic oxidation sites excluding steroid dienone is 1. The molecule has 64 heavy (non-hydrogen) atoms. The van der Waals surface area contributed by atoms with Gasteiger partial charge in [-0.1, -0.05) is 6.07 Å². The number of hydrogen-bond donors (Lipinski definition) is 5. The molecule has 5 aliphatic rings. The van der Waals surface area contributed by atoms with Crippen molar-refractivity contribution in [2.24, 2.45) is 5.92 Å². The number of piperidine rings is 1. The van der Waals surface area contributed by atoms with Crippen molar-refractivity contribution < 1.29 is 46.5 Å². The lowest BCUT2D eigenvalue weighted by atomic mass is 9.53. The molecule has 3 heterocycles. The number of amides is 3. The highest BCUT2D eigenvalue weighted by Crippen LogP contribution is 2.64. The molecule has 2 aromatic carbocycles. The van der Waals surface area contributed by atoms with Crippen molar-refractivity contribution >= 4 is 34.1 Å². The summed E-state index contributed by atoms with van der Waals surface area (Å²) in [7, 11) is 1.26. The van der Waals surface area contributed by atoms with Crippen LogP contribution in [0.1, 0.15) is 93.7 Å². The van der Waals surface area contributed by atoms with Gasteiger partial charge in [-0.2, -0.15) is 0 Å². The minimum absolute atomic E-state index is 0.0528. The molecule has 1 saturated heterocycles. The third kappa shape index (κ3) is 8.79. The summed E-state index contributed by atoms with van der Waals surface area (Å²) in [5, 5.41) is 16.6. The number of ether oxygens (including phenoxy) is 5. The van der Waals surface area contributed by atoms with E-state index in [0.29, 0.717) is 46.8 Å². The van der Waals surface area contributed by atoms with E-state index >= 15 is 0 Å². The van der Waals surface area contributed by atoms with E-state index in [1.54, 1.807) is 48.8 Å². The second-order valence-electron chi connectivity index (χ2n) is 19.5. The minimum Gasteiger partial charge on any atom is -0.493 e. The Morgan fingerprint density at radius 3 is 2.50 bits per heavy atom. The van der Waals surface area contributed by atoms with Crippen LogP contribution in [0.2, 0.25) is 0 Å². The van der Waals surface area contributed by atoms with E-state index in [-0.39, 0.29) is 42.8 Å². The van der Waals surface area contributed by atoms with Crippen molar-refractivity contribution in [3.63, 3.8) is 0 Å². The molecule has 0 saturated carbocycles. The van der Waals surface area contributed by atoms with Gasteiger partial charge in [-0.05, 0) is 141 Å². The van der Waals surface area contributed by atoms with Crippen molar-refractivity contribution in [1.29, 1.82) is 5.41 Å². The third-order valence-electron chi connectivity index (χ3n) is 13.5. The number of hydrogen-bond acceptors (Lipinski definition) is 12. The molecule has 5 atom stereocenters. The Hall–Kier alpha value is -5.23. The topological polar surface area (TPSA) is 210 Å². The maximum atomic E-state index is 13.6. The van der Waals surface area contributed by atoms with Crippen LogP contribution >= 0.6 is 0 Å². The number of carbonyl (C=O) groups is 3. The Morgan fingerprint density at radius 2 is 1.80 bits per heavy atom. The van der Waals surface area contributed by atoms with Gasteiger partial charge in [0.25, 0.3) is 10.0 Å². The second kappa shape index (κ2) is 17.3. The molecule has 17 nitrogen and oxygen atoms in total. The maximum Gasteiger partial charge on any atom is 0.414 e. The quantitative estimate of drug-likeness (QED) is 0.104. The number of benzene rings is 2. The van der Waals surface area contributed by atoms with Gasteiger partial charge in [0, 0.05) is 55.7 Å². The molecule has 1 spiro atoms. The Bertz CT molecular complexity index is 2380. The number of fused-ring (bicyclic) bond motifs is 1. The Balaban J connectivity index is 0.933. The first-order chi connectivity index (χ1) is 30.0. The molecular weight excluding hydrogens is 843 g/mol. The van der Waals surface area contributed by atoms with Crippen molar-refractivity contribution in [3.05, 3.63) is 57.3 Å². The molecule has 2 aromatic rings. The number of nitrogens with zero attached hydrogens (tertiary/aromatic N) is 2. The molecule has 2 aliphatic carbocycles. The summed E-state index contributed by atoms with van der Waals surface area (Å²) in [6.45, 7) is 15.5. The van der Waals surface area contributed by atoms with Gasteiger partial charge < -0.3 is 49.4 Å². The average molecular weight is 908 g/mol. The Labute approximate surface area is 376 Å². The van der Waals surface area contributed by atoms with Crippen LogP contribution in [0.5, 0.6) is 17.2 Å². The van der Waals surface area contributed by atoms with Gasteiger partial charge in [0.1, 0.15) is 28.8 Å². The van der Waals surface area contributed by atoms with Crippen LogP contribution in [0.3, 0.4) is 0 Å². The van der Waals surface area contributed by atoms with Gasteiger partial charge in [0.05, 0.1) is 12.0 Å². The zero-order valence-electron chi connectivity index (χ0n) is 39.0. The number of rotatable bonds is 13. The highest BCUT2D eigenvalue weighted by atomic mass is 32.2. The second-order valence-corrected chi connectivity index (χ2v) is 21.1. The van der Waals surface area contributed by atoms with Crippen molar-refractivity contribution in [2.75, 3.05) is 47.4 Å². The predicted octanol–water partition coefficient (Wildman–Crippen LogP) is 4.86. The molecule has 3 aliphatic heterocycles. The fourth-order valence-corrected chi connectivity index (χ4v) is 11.9. The molecule has 0 aromatic heterocycles. The number of carbonyl (C=O) groups excluding carboxylic acids is 3. The number of guanidine groups is 1. The lowest BCUT2D eigenvalue weighted by molar-refractivity contribution is -0.123. The van der Waals surface area contributed by atoms with E-state index in [1.807, 2.05) is 32.9 Å². The van der Waals surface area contributed by atoms with E-state index < -0.39 is 57.4 Å². The normalized spacial score (nSPS) is 22.9. The molecular formula is C46H65N7O10S. The highest BCUT2D eigenvalue weighted by Gasteiger charge is 2.65. The van der Waals surface area contributed by atoms with E-state index in [2.05, 4.69) is 38.7 Å². The van der Waals surface area contributed by atoms with Crippen molar-refractivity contribution in [2.45, 2.75) is 134 Å². The van der Waals surface area contributed by atoms with Crippen LogP contribution in [-0.4, -0.2) is 119 Å². The van der Waals surface area contributed by atoms with E-state index in [4.69, 9.17) is 29.1 Å². The zero-order chi connectivity index (χ0) is 46.7. The highest BCUT2D eigenvalue weighted by molar-refractivity contribution is 7.90. The first kappa shape index (κ1) is 46.8. The molecule has 2 bridgehead atoms. The molecule has 0 radical (unpaired) electrons. The van der Waals surface area contributed by atoms with E-state index in [9.17, 15) is 22.8 Å². The number of methoxy groups -OCH3 is 1. The molecule has 7 rings (SSSR count). The largest absolute Gasteiger partial charge is 0.493 e. The summed E-state index contributed by atoms with van der Waals surface area (Å²) >= 11 is 0. The molecule has 350 valence electrons. The number of alkyl carbamates (subject to hydrolysis) is 1. The zero-order valence-corrected chi connectivity index (χ0v) is 39.8. The average Bonchev–Trinajstić information content (AvgIpc) is 3.73. The minimum atomic E-state index is -4.14. The van der Waals surface area contributed by atoms with Crippen LogP contribution in [0.25, 0.3) is 0 Å². The number of sulfonamides is 1. The van der Waals surface area contributed by atoms with Crippen molar-refractivity contribution in [3.8, 4) is 17.2 Å². The lowest BCUT2D eigenvalue weighted by Gasteiger charge is -2.56. The molecule has 3 amide bonds. The molecule has 18 heteroatoms. The van der Waals surface area contributed by atoms with E-state index in [1.165, 1.54) is 16.0 Å². The number of likely N-dealkylation sites (N-methyl/N-ethyl adjacent to an activating group) is 2. The summed E-state index contributed by atoms with van der Waals surface area (Å²) in [5.41, 5.74) is 3.53. The van der Waals surface area contributed by atoms with E-state index in [0.717, 1.165) is 42.7 Å². The molecule has 1 fully saturated rings. The summed E-state index contributed by atoms with van der Waals surface area (Å²) in [5.74, 6) is 1.94. The Kier molecular flexibility index (Phi) is 12.6. The predicted molar refractivity (Wildman–Crippen MR) is 240 cm³/mol. The molecule has 2 unspecified atom stereocenters. The first-order valence-corrected chi connectivity index (χ1v) is 23.6. The van der Waals surface area contributed by atoms with Crippen molar-refractivity contribution in [1.82, 2.24) is 30.5 Å². The van der Waals surface area contributed by atoms with Gasteiger partial charge >= 0.3 is 12.2 Å². The van der Waals surface area contributed by atoms with Crippen LogP contribution in [0.4, 0.5) is 9.59 Å². The van der Waals surface area contributed by atoms with Gasteiger partial charge in [-0.3, -0.25) is 10.2 Å². The lowest BCUT2D eigenvalue weighted by Crippen LogP contribution is -2.63. The van der Waals surface area contributed by atoms with Crippen LogP contribution in [0, 0.1) is 32.1 Å². The van der Waals surface area contributed by atoms with Crippen LogP contribution in [0.15, 0.2) is 28.9 Å². The summed E-state index contributed by atoms with van der Waals surface area (Å²) in [6.07, 6.45) is 3.61. The number of likely N-dealkylation sites (tertiary alicyclic amines) is 1. The van der Waals surface area contributed by atoms with Gasteiger partial charge in [-0.25, -0.2) is 22.7 Å². The smallest absolute Gasteiger partial charge is 0.414 e. The van der Waals surface area contributed by atoms with Gasteiger partial charge in [0.15, 0.2) is 17.6 Å². The standard InChI is InChI=1S/C46H65N7O10S/c1-25-26(2)38(27(3)29-24-45(7,8)62-36(25)29)64(57,58)51-41(47)49-19-12-13-31(50-42(55)63-44(4,5)6)40(54)48-20-22-53(10)43(56)60-34-17-15-30-32-23-28-14-16-33(59-11)37-35(28)46(30,39(34)61-37)18-21-52(32)9/h14,16-17,30-32,39H,12-13,15,18-24H2,1-11H3,(H,48,54)(H,50,55)(H3,47,49,51)/t30?,31-,32+,39?,46-/m0/s1. The monoisotopic (exact) mass is 907 g/mol. The SMILES string of the molecule is COc1ccc2c3c1OC1C(OC(=O)N(C)CCNC(=O)[C@H](CCCNC(=N)NS(=O)(=O)c4c(C)c(C)c5c(c4C)CC(C)(C)O5)NC(=O)OC(C)(C)C)=CCC4[C@@H](C2)N(C)CC[C@]314. The summed E-state index contributed by atoms with van der Waals surface area (Å²) in [4.78, 5) is 43.9. The molecule has 5 N–H and O–H groups in total.